The number of hydrogen-bond donors (Lipinski definition) is 2. The zero-order chi connectivity index (χ0) is 26.0. The van der Waals surface area contributed by atoms with Gasteiger partial charge < -0.3 is 15.0 Å². The van der Waals surface area contributed by atoms with Gasteiger partial charge in [0.1, 0.15) is 12.1 Å². The molecule has 0 bridgehead atoms. The molecule has 2 N–H and O–H groups in total. The third-order valence-corrected chi connectivity index (χ3v) is 6.47. The van der Waals surface area contributed by atoms with Gasteiger partial charge in [-0.2, -0.15) is 15.4 Å². The molecule has 11 nitrogen and oxygen atoms in total. The first-order valence-corrected chi connectivity index (χ1v) is 12.5. The van der Waals surface area contributed by atoms with E-state index in [9.17, 15) is 9.59 Å². The number of anilines is 1. The van der Waals surface area contributed by atoms with Gasteiger partial charge in [-0.15, -0.1) is 0 Å². The number of amides is 2. The summed E-state index contributed by atoms with van der Waals surface area (Å²) in [7, 11) is 0. The van der Waals surface area contributed by atoms with Crippen molar-refractivity contribution in [3.63, 3.8) is 0 Å². The minimum atomic E-state index is -0.671. The van der Waals surface area contributed by atoms with Gasteiger partial charge in [-0.25, -0.2) is 14.8 Å². The third kappa shape index (κ3) is 6.04. The molecule has 3 heterocycles. The van der Waals surface area contributed by atoms with Crippen LogP contribution in [0, 0.1) is 0 Å². The van der Waals surface area contributed by atoms with Crippen LogP contribution in [0.4, 0.5) is 10.7 Å². The highest BCUT2D eigenvalue weighted by atomic mass is 16.6. The standard InChI is InChI=1S/C26H32N8O3/c1-26(2,3)37-25(36)33(9-8-20-13-28-32-31-20)16-23(35)34-14-19-12-27-24(30-22(19)15-34)29-21-10-17-6-4-5-7-18(17)11-21/h4-7,12-13,21H,8-11,14-16H2,1-3H3,(H,27,29,30)(H,28,31,32). The lowest BCUT2D eigenvalue weighted by atomic mass is 10.1. The van der Waals surface area contributed by atoms with Crippen molar-refractivity contribution in [3.8, 4) is 0 Å². The Labute approximate surface area is 215 Å². The van der Waals surface area contributed by atoms with Crippen molar-refractivity contribution in [2.45, 2.75) is 64.8 Å². The minimum Gasteiger partial charge on any atom is -0.444 e. The Bertz CT molecular complexity index is 1250. The Kier molecular flexibility index (Phi) is 6.77. The first-order chi connectivity index (χ1) is 17.7. The number of aromatic amines is 1. The summed E-state index contributed by atoms with van der Waals surface area (Å²) in [5, 5.41) is 13.8. The highest BCUT2D eigenvalue weighted by Crippen LogP contribution is 2.26. The van der Waals surface area contributed by atoms with Crippen LogP contribution in [0.3, 0.4) is 0 Å². The van der Waals surface area contributed by atoms with Gasteiger partial charge in [0, 0.05) is 37.3 Å². The fourth-order valence-electron chi connectivity index (χ4n) is 4.66. The van der Waals surface area contributed by atoms with Crippen LogP contribution < -0.4 is 5.32 Å². The van der Waals surface area contributed by atoms with Gasteiger partial charge in [0.25, 0.3) is 0 Å². The highest BCUT2D eigenvalue weighted by molar-refractivity contribution is 5.83. The van der Waals surface area contributed by atoms with Crippen molar-refractivity contribution in [2.75, 3.05) is 18.4 Å². The molecular weight excluding hydrogens is 472 g/mol. The molecule has 37 heavy (non-hydrogen) atoms. The summed E-state index contributed by atoms with van der Waals surface area (Å²) < 4.78 is 5.54. The Morgan fingerprint density at radius 2 is 1.89 bits per heavy atom. The molecule has 0 atom stereocenters. The van der Waals surface area contributed by atoms with Crippen LogP contribution in [0.2, 0.25) is 0 Å². The topological polar surface area (TPSA) is 129 Å². The van der Waals surface area contributed by atoms with Gasteiger partial charge >= 0.3 is 6.09 Å². The van der Waals surface area contributed by atoms with Gasteiger partial charge in [-0.1, -0.05) is 24.3 Å². The summed E-state index contributed by atoms with van der Waals surface area (Å²) in [6, 6.07) is 8.71. The first-order valence-electron chi connectivity index (χ1n) is 12.5. The molecular formula is C26H32N8O3. The first kappa shape index (κ1) is 24.7. The second kappa shape index (κ2) is 10.2. The number of hydrogen-bond acceptors (Lipinski definition) is 8. The molecule has 0 fully saturated rings. The number of nitrogens with one attached hydrogen (secondary N) is 2. The van der Waals surface area contributed by atoms with E-state index in [1.807, 2.05) is 0 Å². The van der Waals surface area contributed by atoms with E-state index in [4.69, 9.17) is 9.72 Å². The molecule has 5 rings (SSSR count). The molecule has 0 saturated heterocycles. The van der Waals surface area contributed by atoms with Crippen molar-refractivity contribution in [3.05, 3.63) is 64.7 Å². The van der Waals surface area contributed by atoms with E-state index in [2.05, 4.69) is 50.0 Å². The van der Waals surface area contributed by atoms with Gasteiger partial charge in [-0.3, -0.25) is 9.69 Å². The number of rotatable bonds is 7. The third-order valence-electron chi connectivity index (χ3n) is 6.47. The molecule has 2 aliphatic rings. The zero-order valence-electron chi connectivity index (χ0n) is 21.4. The Morgan fingerprint density at radius 3 is 2.57 bits per heavy atom. The van der Waals surface area contributed by atoms with Gasteiger partial charge in [0.15, 0.2) is 0 Å². The molecule has 1 aliphatic carbocycles. The number of ether oxygens (including phenoxy) is 1. The summed E-state index contributed by atoms with van der Waals surface area (Å²) >= 11 is 0. The number of fused-ring (bicyclic) bond motifs is 2. The van der Waals surface area contributed by atoms with E-state index >= 15 is 0 Å². The van der Waals surface area contributed by atoms with E-state index < -0.39 is 11.7 Å². The molecule has 0 unspecified atom stereocenters. The van der Waals surface area contributed by atoms with Crippen LogP contribution in [0.1, 0.15) is 48.8 Å². The maximum atomic E-state index is 13.2. The van der Waals surface area contributed by atoms with Crippen LogP contribution in [0.15, 0.2) is 36.7 Å². The molecule has 0 saturated carbocycles. The maximum absolute atomic E-state index is 13.2. The van der Waals surface area contributed by atoms with E-state index in [0.29, 0.717) is 31.2 Å². The van der Waals surface area contributed by atoms with E-state index in [1.54, 1.807) is 38.1 Å². The minimum absolute atomic E-state index is 0.0976. The zero-order valence-corrected chi connectivity index (χ0v) is 21.4. The van der Waals surface area contributed by atoms with E-state index in [0.717, 1.165) is 24.1 Å². The SMILES string of the molecule is CC(C)(C)OC(=O)N(CCc1cn[nH]n1)CC(=O)N1Cc2cnc(NC3Cc4ccccc4C3)nc2C1. The number of benzene rings is 1. The Balaban J connectivity index is 1.20. The van der Waals surface area contributed by atoms with Crippen LogP contribution in [0.5, 0.6) is 0 Å². The van der Waals surface area contributed by atoms with E-state index in [-0.39, 0.29) is 25.0 Å². The average Bonchev–Trinajstić information content (AvgIpc) is 3.59. The summed E-state index contributed by atoms with van der Waals surface area (Å²) in [5.74, 6) is 0.401. The molecule has 1 aromatic carbocycles. The fraction of sp³-hybridized carbons (Fsp3) is 0.462. The molecule has 194 valence electrons. The summed E-state index contributed by atoms with van der Waals surface area (Å²) in [6.07, 6.45) is 5.18. The predicted molar refractivity (Wildman–Crippen MR) is 135 cm³/mol. The number of carbonyl (C=O) groups is 2. The summed E-state index contributed by atoms with van der Waals surface area (Å²) in [5.41, 5.74) is 4.49. The molecule has 11 heteroatoms. The Morgan fingerprint density at radius 1 is 1.14 bits per heavy atom. The smallest absolute Gasteiger partial charge is 0.410 e. The predicted octanol–water partition coefficient (Wildman–Crippen LogP) is 2.50. The number of aromatic nitrogens is 5. The maximum Gasteiger partial charge on any atom is 0.410 e. The number of carbonyl (C=O) groups excluding carboxylic acids is 2. The van der Waals surface area contributed by atoms with Crippen molar-refractivity contribution >= 4 is 17.9 Å². The molecule has 3 aromatic rings. The Hall–Kier alpha value is -4.02. The normalized spacial score (nSPS) is 14.8. The molecule has 0 spiro atoms. The lowest BCUT2D eigenvalue weighted by Crippen LogP contribution is -2.44. The second-order valence-electron chi connectivity index (χ2n) is 10.5. The monoisotopic (exact) mass is 504 g/mol. The number of nitrogens with zero attached hydrogens (tertiary/aromatic N) is 6. The fourth-order valence-corrected chi connectivity index (χ4v) is 4.66. The molecule has 0 radical (unpaired) electrons. The van der Waals surface area contributed by atoms with Crippen LogP contribution in [-0.2, 0) is 41.9 Å². The highest BCUT2D eigenvalue weighted by Gasteiger charge is 2.30. The lowest BCUT2D eigenvalue weighted by molar-refractivity contribution is -0.133. The van der Waals surface area contributed by atoms with Crippen molar-refractivity contribution < 1.29 is 14.3 Å². The largest absolute Gasteiger partial charge is 0.444 e. The molecule has 2 amide bonds. The quantitative estimate of drug-likeness (QED) is 0.502. The second-order valence-corrected chi connectivity index (χ2v) is 10.5. The molecule has 1 aliphatic heterocycles. The van der Waals surface area contributed by atoms with Crippen molar-refractivity contribution in [1.82, 2.24) is 35.2 Å². The van der Waals surface area contributed by atoms with Crippen LogP contribution in [-0.4, -0.2) is 71.9 Å². The van der Waals surface area contributed by atoms with Crippen molar-refractivity contribution in [1.29, 1.82) is 0 Å². The number of H-pyrrole nitrogens is 1. The van der Waals surface area contributed by atoms with Gasteiger partial charge in [0.05, 0.1) is 24.1 Å². The van der Waals surface area contributed by atoms with Gasteiger partial charge in [0.2, 0.25) is 11.9 Å². The summed E-state index contributed by atoms with van der Waals surface area (Å²) in [4.78, 5) is 38.4. The van der Waals surface area contributed by atoms with Crippen LogP contribution in [0.25, 0.3) is 0 Å². The van der Waals surface area contributed by atoms with Crippen LogP contribution >= 0.6 is 0 Å². The average molecular weight is 505 g/mol. The van der Waals surface area contributed by atoms with E-state index in [1.165, 1.54) is 16.0 Å². The molecule has 2 aromatic heterocycles. The van der Waals surface area contributed by atoms with Gasteiger partial charge in [-0.05, 0) is 44.7 Å². The summed E-state index contributed by atoms with van der Waals surface area (Å²) in [6.45, 7) is 6.37. The lowest BCUT2D eigenvalue weighted by Gasteiger charge is -2.28. The van der Waals surface area contributed by atoms with Crippen molar-refractivity contribution in [2.24, 2.45) is 0 Å².